The second-order valence-corrected chi connectivity index (χ2v) is 8.69. The highest BCUT2D eigenvalue weighted by Crippen LogP contribution is 2.30. The van der Waals surface area contributed by atoms with Gasteiger partial charge in [-0.3, -0.25) is 9.89 Å². The van der Waals surface area contributed by atoms with E-state index in [0.29, 0.717) is 5.92 Å². The van der Waals surface area contributed by atoms with E-state index in [-0.39, 0.29) is 5.54 Å². The topological polar surface area (TPSA) is 42.9 Å². The molecule has 0 bridgehead atoms. The number of likely N-dealkylation sites (tertiary alicyclic amines) is 2. The van der Waals surface area contributed by atoms with Crippen LogP contribution in [-0.4, -0.2) is 74.7 Å². The SMILES string of the molecule is CN=C(NCC(C)c1ccccc1)NCC1(N2CCCCC2)CCN(C)CC1. The molecule has 156 valence electrons. The third-order valence-corrected chi connectivity index (χ3v) is 6.70. The van der Waals surface area contributed by atoms with Crippen molar-refractivity contribution in [2.45, 2.75) is 50.5 Å². The van der Waals surface area contributed by atoms with Gasteiger partial charge in [-0.2, -0.15) is 0 Å². The van der Waals surface area contributed by atoms with Crippen LogP contribution in [0, 0.1) is 0 Å². The van der Waals surface area contributed by atoms with Crippen molar-refractivity contribution in [1.82, 2.24) is 20.4 Å². The van der Waals surface area contributed by atoms with Crippen molar-refractivity contribution in [3.63, 3.8) is 0 Å². The van der Waals surface area contributed by atoms with Crippen molar-refractivity contribution < 1.29 is 0 Å². The van der Waals surface area contributed by atoms with Crippen molar-refractivity contribution in [1.29, 1.82) is 0 Å². The molecule has 1 unspecified atom stereocenters. The standard InChI is InChI=1S/C23H39N5/c1-20(21-10-6-4-7-11-21)18-25-22(24-2)26-19-23(12-16-27(3)17-13-23)28-14-8-5-9-15-28/h4,6-7,10-11,20H,5,8-9,12-19H2,1-3H3,(H2,24,25,26). The Hall–Kier alpha value is -1.59. The molecule has 0 aliphatic carbocycles. The molecule has 2 saturated heterocycles. The number of hydrogen-bond donors (Lipinski definition) is 2. The number of piperidine rings is 2. The van der Waals surface area contributed by atoms with E-state index < -0.39 is 0 Å². The molecule has 0 spiro atoms. The Labute approximate surface area is 171 Å². The average molecular weight is 386 g/mol. The van der Waals surface area contributed by atoms with Gasteiger partial charge in [0.15, 0.2) is 5.96 Å². The minimum Gasteiger partial charge on any atom is -0.356 e. The highest BCUT2D eigenvalue weighted by atomic mass is 15.3. The molecule has 1 aromatic rings. The molecule has 1 atom stereocenters. The van der Waals surface area contributed by atoms with E-state index in [2.05, 4.69) is 69.7 Å². The van der Waals surface area contributed by atoms with E-state index in [0.717, 1.165) is 19.0 Å². The van der Waals surface area contributed by atoms with Gasteiger partial charge in [0, 0.05) is 25.7 Å². The molecule has 2 aliphatic rings. The molecule has 0 amide bonds. The summed E-state index contributed by atoms with van der Waals surface area (Å²) in [7, 11) is 4.13. The number of nitrogens with zero attached hydrogens (tertiary/aromatic N) is 3. The van der Waals surface area contributed by atoms with E-state index in [1.165, 1.54) is 63.8 Å². The lowest BCUT2D eigenvalue weighted by Gasteiger charge is -2.50. The van der Waals surface area contributed by atoms with E-state index in [1.54, 1.807) is 0 Å². The van der Waals surface area contributed by atoms with Gasteiger partial charge < -0.3 is 15.5 Å². The van der Waals surface area contributed by atoms with Crippen molar-refractivity contribution in [3.8, 4) is 0 Å². The predicted octanol–water partition coefficient (Wildman–Crippen LogP) is 2.91. The number of aliphatic imine (C=N–C) groups is 1. The van der Waals surface area contributed by atoms with Gasteiger partial charge in [0.2, 0.25) is 0 Å². The van der Waals surface area contributed by atoms with Gasteiger partial charge in [0.05, 0.1) is 0 Å². The largest absolute Gasteiger partial charge is 0.356 e. The number of benzene rings is 1. The number of nitrogens with one attached hydrogen (secondary N) is 2. The Morgan fingerprint density at radius 2 is 1.71 bits per heavy atom. The van der Waals surface area contributed by atoms with Gasteiger partial charge in [-0.25, -0.2) is 0 Å². The zero-order valence-electron chi connectivity index (χ0n) is 18.1. The Kier molecular flexibility index (Phi) is 7.74. The summed E-state index contributed by atoms with van der Waals surface area (Å²) >= 11 is 0. The fourth-order valence-corrected chi connectivity index (χ4v) is 4.63. The van der Waals surface area contributed by atoms with Crippen LogP contribution in [-0.2, 0) is 0 Å². The first-order valence-electron chi connectivity index (χ1n) is 11.1. The van der Waals surface area contributed by atoms with Gasteiger partial charge in [-0.15, -0.1) is 0 Å². The lowest BCUT2D eigenvalue weighted by atomic mass is 9.84. The number of hydrogen-bond acceptors (Lipinski definition) is 3. The molecular formula is C23H39N5. The van der Waals surface area contributed by atoms with Crippen LogP contribution >= 0.6 is 0 Å². The van der Waals surface area contributed by atoms with Crippen LogP contribution in [0.1, 0.15) is 50.5 Å². The zero-order chi connectivity index (χ0) is 19.8. The normalized spacial score (nSPS) is 22.6. The summed E-state index contributed by atoms with van der Waals surface area (Å²) in [5.41, 5.74) is 1.64. The monoisotopic (exact) mass is 385 g/mol. The summed E-state index contributed by atoms with van der Waals surface area (Å²) in [5.74, 6) is 1.39. The molecule has 0 aromatic heterocycles. The van der Waals surface area contributed by atoms with Crippen molar-refractivity contribution >= 4 is 5.96 Å². The molecule has 0 saturated carbocycles. The van der Waals surface area contributed by atoms with Crippen LogP contribution in [0.15, 0.2) is 35.3 Å². The lowest BCUT2D eigenvalue weighted by molar-refractivity contribution is 0.0173. The maximum absolute atomic E-state index is 4.49. The molecule has 1 aromatic carbocycles. The third-order valence-electron chi connectivity index (χ3n) is 6.70. The third kappa shape index (κ3) is 5.48. The average Bonchev–Trinajstić information content (AvgIpc) is 2.76. The van der Waals surface area contributed by atoms with Gasteiger partial charge in [-0.1, -0.05) is 43.7 Å². The van der Waals surface area contributed by atoms with Crippen molar-refractivity contribution in [2.24, 2.45) is 4.99 Å². The number of guanidine groups is 1. The van der Waals surface area contributed by atoms with Gasteiger partial charge in [0.1, 0.15) is 0 Å². The van der Waals surface area contributed by atoms with Gasteiger partial charge in [-0.05, 0) is 70.4 Å². The molecule has 28 heavy (non-hydrogen) atoms. The summed E-state index contributed by atoms with van der Waals surface area (Å²) in [6, 6.07) is 10.7. The van der Waals surface area contributed by atoms with Crippen molar-refractivity contribution in [3.05, 3.63) is 35.9 Å². The highest BCUT2D eigenvalue weighted by Gasteiger charge is 2.39. The van der Waals surface area contributed by atoms with Crippen LogP contribution in [0.2, 0.25) is 0 Å². The van der Waals surface area contributed by atoms with Crippen LogP contribution in [0.25, 0.3) is 0 Å². The lowest BCUT2D eigenvalue weighted by Crippen LogP contribution is -2.62. The molecule has 0 radical (unpaired) electrons. The Morgan fingerprint density at radius 1 is 1.04 bits per heavy atom. The summed E-state index contributed by atoms with van der Waals surface area (Å²) in [5, 5.41) is 7.22. The summed E-state index contributed by atoms with van der Waals surface area (Å²) < 4.78 is 0. The highest BCUT2D eigenvalue weighted by molar-refractivity contribution is 5.79. The summed E-state index contributed by atoms with van der Waals surface area (Å²) in [4.78, 5) is 9.74. The molecular weight excluding hydrogens is 346 g/mol. The van der Waals surface area contributed by atoms with Crippen LogP contribution in [0.3, 0.4) is 0 Å². The molecule has 2 N–H and O–H groups in total. The Bertz CT molecular complexity index is 601. The van der Waals surface area contributed by atoms with Gasteiger partial charge in [0.25, 0.3) is 0 Å². The van der Waals surface area contributed by atoms with Crippen molar-refractivity contribution in [2.75, 3.05) is 53.4 Å². The Balaban J connectivity index is 1.56. The molecule has 2 fully saturated rings. The first-order chi connectivity index (χ1) is 13.6. The van der Waals surface area contributed by atoms with E-state index in [1.807, 2.05) is 7.05 Å². The van der Waals surface area contributed by atoms with E-state index >= 15 is 0 Å². The zero-order valence-corrected chi connectivity index (χ0v) is 18.1. The molecule has 2 aliphatic heterocycles. The Morgan fingerprint density at radius 3 is 2.36 bits per heavy atom. The second kappa shape index (κ2) is 10.3. The minimum absolute atomic E-state index is 0.273. The van der Waals surface area contributed by atoms with Crippen LogP contribution in [0.5, 0.6) is 0 Å². The van der Waals surface area contributed by atoms with Gasteiger partial charge >= 0.3 is 0 Å². The quantitative estimate of drug-likeness (QED) is 0.584. The summed E-state index contributed by atoms with van der Waals surface area (Å²) in [6.45, 7) is 9.03. The maximum atomic E-state index is 4.49. The molecule has 5 nitrogen and oxygen atoms in total. The molecule has 2 heterocycles. The first-order valence-corrected chi connectivity index (χ1v) is 11.1. The summed E-state index contributed by atoms with van der Waals surface area (Å²) in [6.07, 6.45) is 6.57. The smallest absolute Gasteiger partial charge is 0.191 e. The fraction of sp³-hybridized carbons (Fsp3) is 0.696. The van der Waals surface area contributed by atoms with Crippen LogP contribution < -0.4 is 10.6 Å². The fourth-order valence-electron chi connectivity index (χ4n) is 4.63. The predicted molar refractivity (Wildman–Crippen MR) is 119 cm³/mol. The van der Waals surface area contributed by atoms with E-state index in [9.17, 15) is 0 Å². The first kappa shape index (κ1) is 21.1. The molecule has 3 rings (SSSR count). The second-order valence-electron chi connectivity index (χ2n) is 8.69. The molecule has 5 heteroatoms. The minimum atomic E-state index is 0.273. The number of rotatable bonds is 6. The maximum Gasteiger partial charge on any atom is 0.191 e. The van der Waals surface area contributed by atoms with E-state index in [4.69, 9.17) is 0 Å². The van der Waals surface area contributed by atoms with Crippen LogP contribution in [0.4, 0.5) is 0 Å².